The molecule has 4 nitrogen and oxygen atoms in total. The summed E-state index contributed by atoms with van der Waals surface area (Å²) in [4.78, 5) is 0. The van der Waals surface area contributed by atoms with Gasteiger partial charge < -0.3 is 9.30 Å². The highest BCUT2D eigenvalue weighted by Gasteiger charge is 2.27. The van der Waals surface area contributed by atoms with Crippen LogP contribution in [0.25, 0.3) is 0 Å². The predicted octanol–water partition coefficient (Wildman–Crippen LogP) is 1.72. The first-order valence-electron chi connectivity index (χ1n) is 5.93. The zero-order chi connectivity index (χ0) is 10.1. The summed E-state index contributed by atoms with van der Waals surface area (Å²) >= 11 is 0. The van der Waals surface area contributed by atoms with Gasteiger partial charge in [0.05, 0.1) is 6.10 Å². The van der Waals surface area contributed by atoms with E-state index in [0.29, 0.717) is 12.1 Å². The van der Waals surface area contributed by atoms with Crippen LogP contribution in [0.1, 0.15) is 44.0 Å². The quantitative estimate of drug-likeness (QED) is 0.757. The molecule has 1 aromatic rings. The molecule has 1 atom stereocenters. The summed E-state index contributed by atoms with van der Waals surface area (Å²) in [6, 6.07) is 0.679. The molecule has 3 rings (SSSR count). The first-order valence-corrected chi connectivity index (χ1v) is 5.93. The van der Waals surface area contributed by atoms with E-state index in [2.05, 4.69) is 14.8 Å². The van der Waals surface area contributed by atoms with Gasteiger partial charge in [-0.15, -0.1) is 10.2 Å². The molecule has 1 aromatic heterocycles. The van der Waals surface area contributed by atoms with E-state index in [1.54, 1.807) is 0 Å². The lowest BCUT2D eigenvalue weighted by Crippen LogP contribution is -2.23. The largest absolute Gasteiger partial charge is 0.378 e. The van der Waals surface area contributed by atoms with E-state index in [0.717, 1.165) is 18.9 Å². The van der Waals surface area contributed by atoms with Gasteiger partial charge in [-0.3, -0.25) is 0 Å². The van der Waals surface area contributed by atoms with Crippen LogP contribution in [0.2, 0.25) is 0 Å². The van der Waals surface area contributed by atoms with Crippen LogP contribution in [0.15, 0.2) is 6.33 Å². The Labute approximate surface area is 89.6 Å². The van der Waals surface area contributed by atoms with E-state index in [4.69, 9.17) is 4.74 Å². The van der Waals surface area contributed by atoms with Crippen LogP contribution in [0.3, 0.4) is 0 Å². The van der Waals surface area contributed by atoms with Gasteiger partial charge in [0, 0.05) is 19.1 Å². The van der Waals surface area contributed by atoms with Crippen LogP contribution in [0.4, 0.5) is 0 Å². The lowest BCUT2D eigenvalue weighted by atomic mass is 10.1. The van der Waals surface area contributed by atoms with Crippen LogP contribution in [-0.2, 0) is 11.2 Å². The standard InChI is InChI=1S/C11H17N3O/c1-2-6-15-10(3-1)7-11-13-12-8-14(11)9-4-5-9/h8-10H,1-7H2. The van der Waals surface area contributed by atoms with Gasteiger partial charge in [0.25, 0.3) is 0 Å². The second-order valence-corrected chi connectivity index (χ2v) is 4.58. The Morgan fingerprint density at radius 1 is 1.33 bits per heavy atom. The first kappa shape index (κ1) is 9.33. The maximum atomic E-state index is 5.73. The normalized spacial score (nSPS) is 26.8. The van der Waals surface area contributed by atoms with Gasteiger partial charge in [-0.05, 0) is 32.1 Å². The fourth-order valence-corrected chi connectivity index (χ4v) is 2.24. The summed E-state index contributed by atoms with van der Waals surface area (Å²) in [6.45, 7) is 0.919. The lowest BCUT2D eigenvalue weighted by Gasteiger charge is -2.22. The van der Waals surface area contributed by atoms with Gasteiger partial charge in [0.2, 0.25) is 0 Å². The Morgan fingerprint density at radius 3 is 3.00 bits per heavy atom. The second-order valence-electron chi connectivity index (χ2n) is 4.58. The molecule has 15 heavy (non-hydrogen) atoms. The molecule has 2 heterocycles. The molecule has 1 saturated carbocycles. The highest BCUT2D eigenvalue weighted by molar-refractivity contribution is 4.96. The van der Waals surface area contributed by atoms with Crippen molar-refractivity contribution >= 4 is 0 Å². The third kappa shape index (κ3) is 2.04. The van der Waals surface area contributed by atoms with Gasteiger partial charge in [-0.25, -0.2) is 0 Å². The number of hydrogen-bond donors (Lipinski definition) is 0. The zero-order valence-electron chi connectivity index (χ0n) is 8.93. The zero-order valence-corrected chi connectivity index (χ0v) is 8.93. The molecule has 0 spiro atoms. The third-order valence-corrected chi connectivity index (χ3v) is 3.27. The van der Waals surface area contributed by atoms with E-state index < -0.39 is 0 Å². The number of rotatable bonds is 3. The Bertz CT molecular complexity index is 326. The molecule has 82 valence electrons. The van der Waals surface area contributed by atoms with Crippen molar-refractivity contribution in [2.75, 3.05) is 6.61 Å². The maximum Gasteiger partial charge on any atom is 0.135 e. The third-order valence-electron chi connectivity index (χ3n) is 3.27. The minimum atomic E-state index is 0.375. The van der Waals surface area contributed by atoms with Crippen LogP contribution in [-0.4, -0.2) is 27.5 Å². The molecule has 1 aliphatic carbocycles. The van der Waals surface area contributed by atoms with Crippen LogP contribution < -0.4 is 0 Å². The van der Waals surface area contributed by atoms with Crippen molar-refractivity contribution in [1.82, 2.24) is 14.8 Å². The van der Waals surface area contributed by atoms with Crippen molar-refractivity contribution in [3.63, 3.8) is 0 Å². The Kier molecular flexibility index (Phi) is 2.44. The molecule has 0 N–H and O–H groups in total. The smallest absolute Gasteiger partial charge is 0.135 e. The topological polar surface area (TPSA) is 39.9 Å². The number of nitrogens with zero attached hydrogens (tertiary/aromatic N) is 3. The van der Waals surface area contributed by atoms with Crippen LogP contribution >= 0.6 is 0 Å². The van der Waals surface area contributed by atoms with Gasteiger partial charge >= 0.3 is 0 Å². The summed E-state index contributed by atoms with van der Waals surface area (Å²) in [7, 11) is 0. The van der Waals surface area contributed by atoms with Gasteiger partial charge in [0.15, 0.2) is 0 Å². The fourth-order valence-electron chi connectivity index (χ4n) is 2.24. The average molecular weight is 207 g/mol. The molecule has 1 saturated heterocycles. The van der Waals surface area contributed by atoms with E-state index in [-0.39, 0.29) is 0 Å². The van der Waals surface area contributed by atoms with Gasteiger partial charge in [-0.2, -0.15) is 0 Å². The SMILES string of the molecule is c1nnc(CC2CCCCO2)n1C1CC1. The predicted molar refractivity (Wildman–Crippen MR) is 55.6 cm³/mol. The molecule has 2 aliphatic rings. The summed E-state index contributed by atoms with van der Waals surface area (Å²) in [5.74, 6) is 1.12. The van der Waals surface area contributed by atoms with Crippen molar-refractivity contribution in [3.05, 3.63) is 12.2 Å². The van der Waals surface area contributed by atoms with Crippen molar-refractivity contribution in [3.8, 4) is 0 Å². The molecular formula is C11H17N3O. The summed E-state index contributed by atoms with van der Waals surface area (Å²) in [6.07, 6.45) is 9.45. The minimum absolute atomic E-state index is 0.375. The van der Waals surface area contributed by atoms with Crippen LogP contribution in [0.5, 0.6) is 0 Å². The minimum Gasteiger partial charge on any atom is -0.378 e. The number of ether oxygens (including phenoxy) is 1. The van der Waals surface area contributed by atoms with E-state index in [1.807, 2.05) is 6.33 Å². The van der Waals surface area contributed by atoms with Crippen molar-refractivity contribution in [2.24, 2.45) is 0 Å². The van der Waals surface area contributed by atoms with Crippen molar-refractivity contribution < 1.29 is 4.74 Å². The summed E-state index contributed by atoms with van der Waals surface area (Å²) in [5.41, 5.74) is 0. The Balaban J connectivity index is 1.67. The number of aromatic nitrogens is 3. The molecular weight excluding hydrogens is 190 g/mol. The van der Waals surface area contributed by atoms with Crippen molar-refractivity contribution in [1.29, 1.82) is 0 Å². The molecule has 0 amide bonds. The molecule has 1 unspecified atom stereocenters. The summed E-state index contributed by atoms with van der Waals surface area (Å²) < 4.78 is 7.96. The highest BCUT2D eigenvalue weighted by Crippen LogP contribution is 2.35. The Morgan fingerprint density at radius 2 is 2.27 bits per heavy atom. The lowest BCUT2D eigenvalue weighted by molar-refractivity contribution is 0.0151. The first-order chi connectivity index (χ1) is 7.43. The average Bonchev–Trinajstić information content (AvgIpc) is 3.02. The van der Waals surface area contributed by atoms with E-state index in [9.17, 15) is 0 Å². The van der Waals surface area contributed by atoms with Gasteiger partial charge in [-0.1, -0.05) is 0 Å². The molecule has 0 aromatic carbocycles. The monoisotopic (exact) mass is 207 g/mol. The Hall–Kier alpha value is -0.900. The fraction of sp³-hybridized carbons (Fsp3) is 0.818. The second kappa shape index (κ2) is 3.93. The molecule has 0 bridgehead atoms. The molecule has 0 radical (unpaired) electrons. The maximum absolute atomic E-state index is 5.73. The van der Waals surface area contributed by atoms with Crippen LogP contribution in [0, 0.1) is 0 Å². The number of hydrogen-bond acceptors (Lipinski definition) is 3. The van der Waals surface area contributed by atoms with E-state index >= 15 is 0 Å². The summed E-state index contributed by atoms with van der Waals surface area (Å²) in [5, 5.41) is 8.21. The highest BCUT2D eigenvalue weighted by atomic mass is 16.5. The molecule has 2 fully saturated rings. The van der Waals surface area contributed by atoms with Crippen molar-refractivity contribution in [2.45, 2.75) is 50.7 Å². The van der Waals surface area contributed by atoms with Gasteiger partial charge in [0.1, 0.15) is 12.2 Å². The van der Waals surface area contributed by atoms with E-state index in [1.165, 1.54) is 32.1 Å². The molecule has 4 heteroatoms. The molecule has 1 aliphatic heterocycles.